The van der Waals surface area contributed by atoms with E-state index in [0.29, 0.717) is 10.0 Å². The summed E-state index contributed by atoms with van der Waals surface area (Å²) in [5.74, 6) is -0.146. The van der Waals surface area contributed by atoms with Crippen LogP contribution in [0.5, 0.6) is 0 Å². The van der Waals surface area contributed by atoms with Crippen LogP contribution >= 0.6 is 39.1 Å². The highest BCUT2D eigenvalue weighted by Crippen LogP contribution is 2.26. The number of rotatable bonds is 4. The van der Waals surface area contributed by atoms with Gasteiger partial charge in [0.25, 0.3) is 0 Å². The first-order chi connectivity index (χ1) is 9.49. The van der Waals surface area contributed by atoms with Gasteiger partial charge in [-0.3, -0.25) is 0 Å². The number of anilines is 1. The van der Waals surface area contributed by atoms with Crippen molar-refractivity contribution >= 4 is 44.9 Å². The van der Waals surface area contributed by atoms with E-state index in [-0.39, 0.29) is 22.7 Å². The van der Waals surface area contributed by atoms with Crippen LogP contribution in [0.3, 0.4) is 0 Å². The molecule has 4 nitrogen and oxygen atoms in total. The Morgan fingerprint density at radius 2 is 2.10 bits per heavy atom. The van der Waals surface area contributed by atoms with Crippen LogP contribution in [0, 0.1) is 5.82 Å². The number of hydrogen-bond donors (Lipinski definition) is 2. The molecule has 0 spiro atoms. The van der Waals surface area contributed by atoms with Crippen LogP contribution < -0.4 is 5.32 Å². The molecule has 20 heavy (non-hydrogen) atoms. The van der Waals surface area contributed by atoms with Crippen LogP contribution in [0.25, 0.3) is 0 Å². The quantitative estimate of drug-likeness (QED) is 0.791. The molecule has 0 unspecified atom stereocenters. The average Bonchev–Trinajstić information content (AvgIpc) is 2.38. The van der Waals surface area contributed by atoms with Gasteiger partial charge in [-0.25, -0.2) is 9.37 Å². The minimum absolute atomic E-state index is 0.0222. The van der Waals surface area contributed by atoms with Gasteiger partial charge < -0.3 is 10.4 Å². The van der Waals surface area contributed by atoms with Crippen molar-refractivity contribution in [2.75, 3.05) is 11.9 Å². The van der Waals surface area contributed by atoms with Gasteiger partial charge in [0.15, 0.2) is 0 Å². The Labute approximate surface area is 133 Å². The third kappa shape index (κ3) is 3.79. The zero-order valence-electron chi connectivity index (χ0n) is 9.95. The van der Waals surface area contributed by atoms with Crippen LogP contribution in [0.15, 0.2) is 28.9 Å². The predicted octanol–water partition coefficient (Wildman–Crippen LogP) is 3.83. The molecule has 0 radical (unpaired) electrons. The van der Waals surface area contributed by atoms with Gasteiger partial charge in [-0.05, 0) is 35.4 Å². The van der Waals surface area contributed by atoms with Crippen LogP contribution in [-0.2, 0) is 0 Å². The normalized spacial score (nSPS) is 12.2. The lowest BCUT2D eigenvalue weighted by atomic mass is 10.1. The molecule has 0 aliphatic carbocycles. The molecule has 0 saturated heterocycles. The van der Waals surface area contributed by atoms with Crippen LogP contribution in [0.4, 0.5) is 10.2 Å². The van der Waals surface area contributed by atoms with E-state index in [0.717, 1.165) is 0 Å². The van der Waals surface area contributed by atoms with Crippen molar-refractivity contribution in [3.63, 3.8) is 0 Å². The lowest BCUT2D eigenvalue weighted by molar-refractivity contribution is 0.276. The van der Waals surface area contributed by atoms with E-state index in [1.165, 1.54) is 18.3 Å². The molecule has 0 saturated carbocycles. The number of aliphatic hydroxyl groups excluding tert-OH is 1. The second-order valence-corrected chi connectivity index (χ2v) is 5.58. The molecule has 1 heterocycles. The van der Waals surface area contributed by atoms with Gasteiger partial charge in [-0.1, -0.05) is 27.5 Å². The lowest BCUT2D eigenvalue weighted by Crippen LogP contribution is -2.16. The SMILES string of the molecule is OC[C@@H](Nc1nc(Cl)ncc1Cl)c1cc(F)cc(Br)c1. The highest BCUT2D eigenvalue weighted by Gasteiger charge is 2.15. The van der Waals surface area contributed by atoms with Crippen molar-refractivity contribution in [1.29, 1.82) is 0 Å². The van der Waals surface area contributed by atoms with E-state index in [1.807, 2.05) is 0 Å². The van der Waals surface area contributed by atoms with E-state index < -0.39 is 11.9 Å². The molecule has 0 fully saturated rings. The molecular formula is C12H9BrCl2FN3O. The Morgan fingerprint density at radius 1 is 1.35 bits per heavy atom. The van der Waals surface area contributed by atoms with Gasteiger partial charge in [-0.2, -0.15) is 4.98 Å². The second-order valence-electron chi connectivity index (χ2n) is 3.92. The standard InChI is InChI=1S/C12H9BrCl2FN3O/c13-7-1-6(2-8(16)3-7)10(5-20)18-11-9(14)4-17-12(15)19-11/h1-4,10,20H,5H2,(H,17,18,19)/t10-/m1/s1. The fourth-order valence-electron chi connectivity index (χ4n) is 1.62. The Morgan fingerprint density at radius 3 is 2.75 bits per heavy atom. The third-order valence-corrected chi connectivity index (χ3v) is 3.41. The minimum Gasteiger partial charge on any atom is -0.394 e. The summed E-state index contributed by atoms with van der Waals surface area (Å²) in [5.41, 5.74) is 0.546. The molecule has 8 heteroatoms. The molecule has 1 atom stereocenters. The lowest BCUT2D eigenvalue weighted by Gasteiger charge is -2.18. The fraction of sp³-hybridized carbons (Fsp3) is 0.167. The Balaban J connectivity index is 2.30. The number of halogens is 4. The van der Waals surface area contributed by atoms with Crippen molar-refractivity contribution < 1.29 is 9.50 Å². The summed E-state index contributed by atoms with van der Waals surface area (Å²) in [6, 6.07) is 3.75. The van der Waals surface area contributed by atoms with Crippen molar-refractivity contribution in [3.05, 3.63) is 50.6 Å². The molecule has 1 aromatic heterocycles. The van der Waals surface area contributed by atoms with Gasteiger partial charge in [-0.15, -0.1) is 0 Å². The zero-order chi connectivity index (χ0) is 14.7. The molecule has 1 aromatic carbocycles. The van der Waals surface area contributed by atoms with E-state index >= 15 is 0 Å². The van der Waals surface area contributed by atoms with Gasteiger partial charge in [0.05, 0.1) is 18.8 Å². The van der Waals surface area contributed by atoms with Crippen molar-refractivity contribution in [1.82, 2.24) is 9.97 Å². The fourth-order valence-corrected chi connectivity index (χ4v) is 2.38. The van der Waals surface area contributed by atoms with Crippen LogP contribution in [0.1, 0.15) is 11.6 Å². The summed E-state index contributed by atoms with van der Waals surface area (Å²) in [7, 11) is 0. The first kappa shape index (κ1) is 15.4. The van der Waals surface area contributed by atoms with Crippen LogP contribution in [-0.4, -0.2) is 21.7 Å². The molecule has 106 valence electrons. The van der Waals surface area contributed by atoms with E-state index in [1.54, 1.807) is 6.07 Å². The topological polar surface area (TPSA) is 58.0 Å². The summed E-state index contributed by atoms with van der Waals surface area (Å²) in [6.45, 7) is -0.270. The molecule has 0 amide bonds. The molecular weight excluding hydrogens is 372 g/mol. The summed E-state index contributed by atoms with van der Waals surface area (Å²) in [6.07, 6.45) is 1.34. The summed E-state index contributed by atoms with van der Waals surface area (Å²) >= 11 is 14.8. The molecule has 0 aliphatic rings. The number of nitrogens with one attached hydrogen (secondary N) is 1. The number of benzene rings is 1. The summed E-state index contributed by atoms with van der Waals surface area (Å²) < 4.78 is 14.0. The number of nitrogens with zero attached hydrogens (tertiary/aromatic N) is 2. The maximum atomic E-state index is 13.4. The molecule has 0 aliphatic heterocycles. The first-order valence-electron chi connectivity index (χ1n) is 5.51. The van der Waals surface area contributed by atoms with Gasteiger partial charge >= 0.3 is 0 Å². The van der Waals surface area contributed by atoms with E-state index in [4.69, 9.17) is 23.2 Å². The largest absolute Gasteiger partial charge is 0.394 e. The van der Waals surface area contributed by atoms with Crippen molar-refractivity contribution in [2.24, 2.45) is 0 Å². The van der Waals surface area contributed by atoms with Crippen molar-refractivity contribution in [2.45, 2.75) is 6.04 Å². The Bertz CT molecular complexity index is 609. The molecule has 0 bridgehead atoms. The smallest absolute Gasteiger partial charge is 0.224 e. The van der Waals surface area contributed by atoms with E-state index in [2.05, 4.69) is 31.2 Å². The zero-order valence-corrected chi connectivity index (χ0v) is 13.0. The highest BCUT2D eigenvalue weighted by atomic mass is 79.9. The molecule has 2 rings (SSSR count). The second kappa shape index (κ2) is 6.67. The summed E-state index contributed by atoms with van der Waals surface area (Å²) in [5, 5.41) is 12.6. The number of aliphatic hydroxyl groups is 1. The maximum Gasteiger partial charge on any atom is 0.224 e. The van der Waals surface area contributed by atoms with Gasteiger partial charge in [0.2, 0.25) is 5.28 Å². The summed E-state index contributed by atoms with van der Waals surface area (Å²) in [4.78, 5) is 7.65. The third-order valence-electron chi connectivity index (χ3n) is 2.50. The van der Waals surface area contributed by atoms with E-state index in [9.17, 15) is 9.50 Å². The van der Waals surface area contributed by atoms with Crippen molar-refractivity contribution in [3.8, 4) is 0 Å². The van der Waals surface area contributed by atoms with Crippen LogP contribution in [0.2, 0.25) is 10.3 Å². The molecule has 2 aromatic rings. The maximum absolute atomic E-state index is 13.4. The molecule has 2 N–H and O–H groups in total. The first-order valence-corrected chi connectivity index (χ1v) is 7.06. The Kier molecular flexibility index (Phi) is 5.15. The Hall–Kier alpha value is -0.950. The monoisotopic (exact) mass is 379 g/mol. The number of hydrogen-bond acceptors (Lipinski definition) is 4. The number of aromatic nitrogens is 2. The van der Waals surface area contributed by atoms with Gasteiger partial charge in [0.1, 0.15) is 16.7 Å². The predicted molar refractivity (Wildman–Crippen MR) is 79.6 cm³/mol. The minimum atomic E-state index is -0.578. The van der Waals surface area contributed by atoms with Gasteiger partial charge in [0, 0.05) is 4.47 Å². The average molecular weight is 381 g/mol. The highest BCUT2D eigenvalue weighted by molar-refractivity contribution is 9.10.